The molecule has 2 heterocycles. The summed E-state index contributed by atoms with van der Waals surface area (Å²) in [6, 6.07) is 11.5. The first-order chi connectivity index (χ1) is 9.81. The Hall–Kier alpha value is -1.23. The third kappa shape index (κ3) is 2.64. The molecule has 20 heavy (non-hydrogen) atoms. The van der Waals surface area contributed by atoms with Gasteiger partial charge in [0.15, 0.2) is 0 Å². The molecule has 0 radical (unpaired) electrons. The summed E-state index contributed by atoms with van der Waals surface area (Å²) in [5.74, 6) is 0. The summed E-state index contributed by atoms with van der Waals surface area (Å²) in [5.41, 5.74) is 4.30. The third-order valence-corrected chi connectivity index (χ3v) is 5.48. The molecule has 0 saturated carbocycles. The Balaban J connectivity index is 1.92. The summed E-state index contributed by atoms with van der Waals surface area (Å²) in [6.45, 7) is 5.41. The van der Waals surface area contributed by atoms with Crippen molar-refractivity contribution in [3.05, 3.63) is 40.7 Å². The highest BCUT2D eigenvalue weighted by atomic mass is 32.1. The molecule has 3 rings (SSSR count). The molecule has 2 aromatic heterocycles. The van der Waals surface area contributed by atoms with Crippen LogP contribution < -0.4 is 5.32 Å². The lowest BCUT2D eigenvalue weighted by Crippen LogP contribution is -2.18. The minimum atomic E-state index is 0.478. The number of nitrogens with one attached hydrogen (secondary N) is 1. The Labute approximate surface area is 127 Å². The fourth-order valence-electron chi connectivity index (χ4n) is 2.40. The van der Waals surface area contributed by atoms with Gasteiger partial charge in [-0.3, -0.25) is 0 Å². The first-order valence-electron chi connectivity index (χ1n) is 6.98. The maximum absolute atomic E-state index is 4.34. The maximum Gasteiger partial charge on any atom is 0.0812 e. The second kappa shape index (κ2) is 6.04. The van der Waals surface area contributed by atoms with Crippen LogP contribution in [-0.2, 0) is 0 Å². The van der Waals surface area contributed by atoms with Crippen molar-refractivity contribution >= 4 is 32.9 Å². The Kier molecular flexibility index (Phi) is 4.15. The molecule has 0 fully saturated rings. The topological polar surface area (TPSA) is 24.9 Å². The third-order valence-electron chi connectivity index (χ3n) is 3.44. The van der Waals surface area contributed by atoms with Crippen LogP contribution in [0.15, 0.2) is 35.8 Å². The van der Waals surface area contributed by atoms with Crippen LogP contribution in [0.25, 0.3) is 20.7 Å². The Bertz CT molecular complexity index is 699. The second-order valence-corrected chi connectivity index (χ2v) is 6.76. The largest absolute Gasteiger partial charge is 0.310 e. The van der Waals surface area contributed by atoms with Gasteiger partial charge >= 0.3 is 0 Å². The van der Waals surface area contributed by atoms with Crippen molar-refractivity contribution in [2.75, 3.05) is 6.54 Å². The van der Waals surface area contributed by atoms with Crippen molar-refractivity contribution in [3.63, 3.8) is 0 Å². The zero-order valence-electron chi connectivity index (χ0n) is 11.7. The van der Waals surface area contributed by atoms with Gasteiger partial charge in [-0.2, -0.15) is 0 Å². The molecule has 1 atom stereocenters. The maximum atomic E-state index is 4.34. The summed E-state index contributed by atoms with van der Waals surface area (Å²) in [7, 11) is 0. The Morgan fingerprint density at radius 1 is 1.20 bits per heavy atom. The molecular weight excluding hydrogens is 284 g/mol. The lowest BCUT2D eigenvalue weighted by atomic mass is 10.1. The summed E-state index contributed by atoms with van der Waals surface area (Å²) in [6.07, 6.45) is 1.13. The van der Waals surface area contributed by atoms with E-state index in [0.29, 0.717) is 6.04 Å². The molecule has 0 saturated heterocycles. The van der Waals surface area contributed by atoms with E-state index < -0.39 is 0 Å². The van der Waals surface area contributed by atoms with Gasteiger partial charge in [-0.1, -0.05) is 19.9 Å². The summed E-state index contributed by atoms with van der Waals surface area (Å²) in [4.78, 5) is 7.10. The number of aromatic nitrogens is 1. The van der Waals surface area contributed by atoms with E-state index in [4.69, 9.17) is 0 Å². The Morgan fingerprint density at radius 3 is 2.90 bits per heavy atom. The molecule has 0 spiro atoms. The molecule has 0 aliphatic rings. The number of hydrogen-bond donors (Lipinski definition) is 1. The van der Waals surface area contributed by atoms with Crippen molar-refractivity contribution < 1.29 is 0 Å². The predicted octanol–water partition coefficient (Wildman–Crippen LogP) is 5.09. The van der Waals surface area contributed by atoms with Gasteiger partial charge in [0, 0.05) is 15.8 Å². The number of benzene rings is 1. The highest BCUT2D eigenvalue weighted by Crippen LogP contribution is 2.34. The number of hydrogen-bond acceptors (Lipinski definition) is 4. The van der Waals surface area contributed by atoms with Gasteiger partial charge in [-0.15, -0.1) is 22.7 Å². The van der Waals surface area contributed by atoms with Crippen LogP contribution >= 0.6 is 22.7 Å². The minimum Gasteiger partial charge on any atom is -0.310 e. The van der Waals surface area contributed by atoms with Crippen molar-refractivity contribution in [2.24, 2.45) is 0 Å². The molecule has 2 nitrogen and oxygen atoms in total. The number of fused-ring (bicyclic) bond motifs is 1. The normalized spacial score (nSPS) is 12.9. The molecule has 0 amide bonds. The van der Waals surface area contributed by atoms with E-state index in [9.17, 15) is 0 Å². The highest BCUT2D eigenvalue weighted by molar-refractivity contribution is 7.17. The molecule has 104 valence electrons. The molecule has 0 aliphatic carbocycles. The summed E-state index contributed by atoms with van der Waals surface area (Å²) in [5, 5.41) is 3.54. The van der Waals surface area contributed by atoms with Gasteiger partial charge in [0.05, 0.1) is 15.7 Å². The van der Waals surface area contributed by atoms with Gasteiger partial charge in [-0.05, 0) is 42.8 Å². The van der Waals surface area contributed by atoms with Gasteiger partial charge in [0.1, 0.15) is 0 Å². The van der Waals surface area contributed by atoms with Crippen LogP contribution in [0.4, 0.5) is 0 Å². The van der Waals surface area contributed by atoms with Crippen LogP contribution in [0, 0.1) is 0 Å². The molecule has 3 aromatic rings. The van der Waals surface area contributed by atoms with E-state index in [2.05, 4.69) is 54.5 Å². The van der Waals surface area contributed by atoms with E-state index >= 15 is 0 Å². The number of rotatable bonds is 5. The molecule has 0 aliphatic heterocycles. The fraction of sp³-hybridized carbons (Fsp3) is 0.312. The lowest BCUT2D eigenvalue weighted by Gasteiger charge is -2.13. The van der Waals surface area contributed by atoms with Crippen LogP contribution in [0.3, 0.4) is 0 Å². The molecule has 1 unspecified atom stereocenters. The number of nitrogens with zero attached hydrogens (tertiary/aromatic N) is 1. The van der Waals surface area contributed by atoms with Crippen LogP contribution in [0.2, 0.25) is 0 Å². The van der Waals surface area contributed by atoms with E-state index in [1.54, 1.807) is 11.3 Å². The summed E-state index contributed by atoms with van der Waals surface area (Å²) < 4.78 is 1.26. The van der Waals surface area contributed by atoms with Crippen molar-refractivity contribution in [1.29, 1.82) is 0 Å². The lowest BCUT2D eigenvalue weighted by molar-refractivity contribution is 0.545. The SMILES string of the molecule is CCNC(CC)c1ccc(-c2ccc3ncsc3c2)s1. The zero-order chi connectivity index (χ0) is 13.9. The minimum absolute atomic E-state index is 0.478. The highest BCUT2D eigenvalue weighted by Gasteiger charge is 2.11. The van der Waals surface area contributed by atoms with Crippen LogP contribution in [0.1, 0.15) is 31.2 Å². The average molecular weight is 302 g/mol. The van der Waals surface area contributed by atoms with Gasteiger partial charge < -0.3 is 5.32 Å². The quantitative estimate of drug-likeness (QED) is 0.710. The predicted molar refractivity (Wildman–Crippen MR) is 89.6 cm³/mol. The van der Waals surface area contributed by atoms with Crippen molar-refractivity contribution in [1.82, 2.24) is 10.3 Å². The van der Waals surface area contributed by atoms with Crippen LogP contribution in [-0.4, -0.2) is 11.5 Å². The monoisotopic (exact) mass is 302 g/mol. The molecule has 1 N–H and O–H groups in total. The van der Waals surface area contributed by atoms with Crippen molar-refractivity contribution in [3.8, 4) is 10.4 Å². The van der Waals surface area contributed by atoms with E-state index in [1.165, 1.54) is 20.0 Å². The zero-order valence-corrected chi connectivity index (χ0v) is 13.4. The standard InChI is InChI=1S/C16H18N2S2/c1-3-12(17-4-2)15-8-7-14(20-15)11-5-6-13-16(9-11)19-10-18-13/h5-10,12,17H,3-4H2,1-2H3. The van der Waals surface area contributed by atoms with Crippen LogP contribution in [0.5, 0.6) is 0 Å². The molecule has 0 bridgehead atoms. The average Bonchev–Trinajstić information content (AvgIpc) is 3.12. The number of thiazole rings is 1. The Morgan fingerprint density at radius 2 is 2.10 bits per heavy atom. The molecule has 1 aromatic carbocycles. The summed E-state index contributed by atoms with van der Waals surface area (Å²) >= 11 is 3.59. The fourth-order valence-corrected chi connectivity index (χ4v) is 4.28. The molecule has 4 heteroatoms. The van der Waals surface area contributed by atoms with Gasteiger partial charge in [0.2, 0.25) is 0 Å². The van der Waals surface area contributed by atoms with E-state index in [0.717, 1.165) is 18.5 Å². The first kappa shape index (κ1) is 13.7. The number of thiophene rings is 1. The molecular formula is C16H18N2S2. The first-order valence-corrected chi connectivity index (χ1v) is 8.68. The van der Waals surface area contributed by atoms with Gasteiger partial charge in [0.25, 0.3) is 0 Å². The smallest absolute Gasteiger partial charge is 0.0812 e. The van der Waals surface area contributed by atoms with Crippen molar-refractivity contribution in [2.45, 2.75) is 26.3 Å². The van der Waals surface area contributed by atoms with E-state index in [-0.39, 0.29) is 0 Å². The van der Waals surface area contributed by atoms with E-state index in [1.807, 2.05) is 16.8 Å². The second-order valence-electron chi connectivity index (χ2n) is 4.76. The van der Waals surface area contributed by atoms with Gasteiger partial charge in [-0.25, -0.2) is 4.98 Å².